The average molecular weight is 199 g/mol. The molecule has 0 unspecified atom stereocenters. The van der Waals surface area contributed by atoms with Gasteiger partial charge in [-0.3, -0.25) is 0 Å². The molecular formula is C10H14FNO2. The van der Waals surface area contributed by atoms with Crippen molar-refractivity contribution in [3.8, 4) is 5.75 Å². The van der Waals surface area contributed by atoms with Gasteiger partial charge in [0.15, 0.2) is 0 Å². The van der Waals surface area contributed by atoms with Crippen molar-refractivity contribution < 1.29 is 14.6 Å². The molecule has 14 heavy (non-hydrogen) atoms. The van der Waals surface area contributed by atoms with Gasteiger partial charge in [0, 0.05) is 18.2 Å². The Kier molecular flexibility index (Phi) is 3.43. The molecular weight excluding hydrogens is 185 g/mol. The number of benzene rings is 1. The summed E-state index contributed by atoms with van der Waals surface area (Å²) in [5.41, 5.74) is 6.45. The maximum absolute atomic E-state index is 13.0. The SMILES string of the molecule is Cc1cc(F)cc([C@H](N)CCO)c1O. The van der Waals surface area contributed by atoms with E-state index in [9.17, 15) is 9.50 Å². The minimum absolute atomic E-state index is 0.00681. The van der Waals surface area contributed by atoms with E-state index < -0.39 is 11.9 Å². The smallest absolute Gasteiger partial charge is 0.124 e. The van der Waals surface area contributed by atoms with E-state index in [1.165, 1.54) is 12.1 Å². The highest BCUT2D eigenvalue weighted by molar-refractivity contribution is 5.41. The lowest BCUT2D eigenvalue weighted by molar-refractivity contribution is 0.275. The summed E-state index contributed by atoms with van der Waals surface area (Å²) in [5, 5.41) is 18.3. The number of aryl methyl sites for hydroxylation is 1. The van der Waals surface area contributed by atoms with Crippen molar-refractivity contribution in [3.05, 3.63) is 29.1 Å². The molecule has 0 aromatic heterocycles. The van der Waals surface area contributed by atoms with Crippen LogP contribution in [-0.2, 0) is 0 Å². The molecule has 4 heteroatoms. The lowest BCUT2D eigenvalue weighted by atomic mass is 10.0. The zero-order chi connectivity index (χ0) is 10.7. The topological polar surface area (TPSA) is 66.5 Å². The molecule has 0 aliphatic heterocycles. The number of aromatic hydroxyl groups is 1. The van der Waals surface area contributed by atoms with Gasteiger partial charge >= 0.3 is 0 Å². The van der Waals surface area contributed by atoms with Crippen LogP contribution in [0, 0.1) is 12.7 Å². The van der Waals surface area contributed by atoms with Crippen LogP contribution in [-0.4, -0.2) is 16.8 Å². The van der Waals surface area contributed by atoms with Gasteiger partial charge in [-0.1, -0.05) is 0 Å². The molecule has 1 aromatic carbocycles. The van der Waals surface area contributed by atoms with Crippen LogP contribution in [0.25, 0.3) is 0 Å². The fraction of sp³-hybridized carbons (Fsp3) is 0.400. The summed E-state index contributed by atoms with van der Waals surface area (Å²) >= 11 is 0. The third-order valence-corrected chi connectivity index (χ3v) is 2.13. The molecule has 0 radical (unpaired) electrons. The lowest BCUT2D eigenvalue weighted by Crippen LogP contribution is -2.12. The summed E-state index contributed by atoms with van der Waals surface area (Å²) in [4.78, 5) is 0. The summed E-state index contributed by atoms with van der Waals surface area (Å²) < 4.78 is 13.0. The van der Waals surface area contributed by atoms with Crippen molar-refractivity contribution in [1.29, 1.82) is 0 Å². The molecule has 0 saturated heterocycles. The fourth-order valence-corrected chi connectivity index (χ4v) is 1.34. The summed E-state index contributed by atoms with van der Waals surface area (Å²) in [5.74, 6) is -0.420. The van der Waals surface area contributed by atoms with Crippen molar-refractivity contribution in [2.24, 2.45) is 5.73 Å². The Bertz CT molecular complexity index is 328. The number of phenols is 1. The second-order valence-electron chi connectivity index (χ2n) is 3.28. The summed E-state index contributed by atoms with van der Waals surface area (Å²) in [7, 11) is 0. The summed E-state index contributed by atoms with van der Waals surface area (Å²) in [6.45, 7) is 1.52. The third kappa shape index (κ3) is 2.21. The van der Waals surface area contributed by atoms with Crippen LogP contribution in [0.1, 0.15) is 23.6 Å². The van der Waals surface area contributed by atoms with Gasteiger partial charge < -0.3 is 15.9 Å². The second kappa shape index (κ2) is 4.39. The van der Waals surface area contributed by atoms with E-state index >= 15 is 0 Å². The van der Waals surface area contributed by atoms with E-state index in [0.29, 0.717) is 17.5 Å². The van der Waals surface area contributed by atoms with Gasteiger partial charge in [0.1, 0.15) is 11.6 Å². The highest BCUT2D eigenvalue weighted by atomic mass is 19.1. The molecule has 0 spiro atoms. The molecule has 0 heterocycles. The van der Waals surface area contributed by atoms with Crippen LogP contribution in [0.3, 0.4) is 0 Å². The average Bonchev–Trinajstić information content (AvgIpc) is 2.11. The molecule has 78 valence electrons. The molecule has 0 amide bonds. The van der Waals surface area contributed by atoms with Crippen molar-refractivity contribution >= 4 is 0 Å². The first-order valence-electron chi connectivity index (χ1n) is 4.41. The van der Waals surface area contributed by atoms with Crippen LogP contribution >= 0.6 is 0 Å². The van der Waals surface area contributed by atoms with E-state index in [4.69, 9.17) is 10.8 Å². The van der Waals surface area contributed by atoms with Crippen molar-refractivity contribution in [3.63, 3.8) is 0 Å². The predicted octanol–water partition coefficient (Wildman–Crippen LogP) is 1.22. The first kappa shape index (κ1) is 10.9. The standard InChI is InChI=1S/C10H14FNO2/c1-6-4-7(11)5-8(10(6)14)9(12)2-3-13/h4-5,9,13-14H,2-3,12H2,1H3/t9-/m1/s1. The minimum atomic E-state index is -0.533. The number of hydrogen-bond acceptors (Lipinski definition) is 3. The Morgan fingerprint density at radius 3 is 2.71 bits per heavy atom. The molecule has 4 N–H and O–H groups in total. The van der Waals surface area contributed by atoms with Crippen LogP contribution in [0.15, 0.2) is 12.1 Å². The Hall–Kier alpha value is -1.13. The Balaban J connectivity index is 3.07. The van der Waals surface area contributed by atoms with Gasteiger partial charge in [-0.2, -0.15) is 0 Å². The highest BCUT2D eigenvalue weighted by Gasteiger charge is 2.13. The van der Waals surface area contributed by atoms with Crippen LogP contribution in [0.5, 0.6) is 5.75 Å². The van der Waals surface area contributed by atoms with Gasteiger partial charge in [-0.25, -0.2) is 4.39 Å². The van der Waals surface area contributed by atoms with Gasteiger partial charge in [0.2, 0.25) is 0 Å². The van der Waals surface area contributed by atoms with Crippen molar-refractivity contribution in [2.75, 3.05) is 6.61 Å². The molecule has 1 aromatic rings. The molecule has 0 saturated carbocycles. The highest BCUT2D eigenvalue weighted by Crippen LogP contribution is 2.28. The van der Waals surface area contributed by atoms with Gasteiger partial charge in [0.25, 0.3) is 0 Å². The Morgan fingerprint density at radius 2 is 2.14 bits per heavy atom. The van der Waals surface area contributed by atoms with Gasteiger partial charge in [-0.15, -0.1) is 0 Å². The number of phenolic OH excluding ortho intramolecular Hbond substituents is 1. The van der Waals surface area contributed by atoms with E-state index in [1.807, 2.05) is 0 Å². The minimum Gasteiger partial charge on any atom is -0.507 e. The third-order valence-electron chi connectivity index (χ3n) is 2.13. The summed E-state index contributed by atoms with van der Waals surface area (Å²) in [6, 6.07) is 1.90. The zero-order valence-corrected chi connectivity index (χ0v) is 8.00. The van der Waals surface area contributed by atoms with E-state index in [0.717, 1.165) is 0 Å². The summed E-state index contributed by atoms with van der Waals surface area (Å²) in [6.07, 6.45) is 0.302. The van der Waals surface area contributed by atoms with Crippen LogP contribution in [0.2, 0.25) is 0 Å². The molecule has 0 fully saturated rings. The zero-order valence-electron chi connectivity index (χ0n) is 8.00. The molecule has 1 atom stereocenters. The number of aliphatic hydroxyl groups excluding tert-OH is 1. The Labute approximate surface area is 82.0 Å². The number of aliphatic hydroxyl groups is 1. The van der Waals surface area contributed by atoms with Crippen molar-refractivity contribution in [1.82, 2.24) is 0 Å². The normalized spacial score (nSPS) is 12.9. The van der Waals surface area contributed by atoms with Crippen LogP contribution < -0.4 is 5.73 Å². The quantitative estimate of drug-likeness (QED) is 0.685. The number of rotatable bonds is 3. The first-order chi connectivity index (χ1) is 6.56. The lowest BCUT2D eigenvalue weighted by Gasteiger charge is -2.13. The van der Waals surface area contributed by atoms with E-state index in [-0.39, 0.29) is 12.4 Å². The van der Waals surface area contributed by atoms with Gasteiger partial charge in [-0.05, 0) is 31.0 Å². The van der Waals surface area contributed by atoms with Gasteiger partial charge in [0.05, 0.1) is 0 Å². The maximum atomic E-state index is 13.0. The molecule has 0 aliphatic rings. The fourth-order valence-electron chi connectivity index (χ4n) is 1.34. The number of nitrogens with two attached hydrogens (primary N) is 1. The largest absolute Gasteiger partial charge is 0.507 e. The first-order valence-corrected chi connectivity index (χ1v) is 4.41. The van der Waals surface area contributed by atoms with Crippen LogP contribution in [0.4, 0.5) is 4.39 Å². The monoisotopic (exact) mass is 199 g/mol. The number of halogens is 1. The molecule has 0 aliphatic carbocycles. The maximum Gasteiger partial charge on any atom is 0.124 e. The predicted molar refractivity (Wildman–Crippen MR) is 51.4 cm³/mol. The molecule has 0 bridgehead atoms. The molecule has 1 rings (SSSR count). The second-order valence-corrected chi connectivity index (χ2v) is 3.28. The number of hydrogen-bond donors (Lipinski definition) is 3. The molecule has 3 nitrogen and oxygen atoms in total. The Morgan fingerprint density at radius 1 is 1.50 bits per heavy atom. The van der Waals surface area contributed by atoms with Crippen molar-refractivity contribution in [2.45, 2.75) is 19.4 Å². The van der Waals surface area contributed by atoms with E-state index in [2.05, 4.69) is 0 Å². The van der Waals surface area contributed by atoms with E-state index in [1.54, 1.807) is 6.92 Å².